The second kappa shape index (κ2) is 9.01. The van der Waals surface area contributed by atoms with Crippen LogP contribution < -0.4 is 21.4 Å². The molecule has 0 atom stereocenters. The third-order valence-corrected chi connectivity index (χ3v) is 4.70. The fourth-order valence-electron chi connectivity index (χ4n) is 3.07. The molecule has 6 nitrogen and oxygen atoms in total. The molecule has 0 spiro atoms. The topological polar surface area (TPSA) is 74.8 Å². The summed E-state index contributed by atoms with van der Waals surface area (Å²) in [5, 5.41) is 11.7. The molecule has 30 heavy (non-hydrogen) atoms. The summed E-state index contributed by atoms with van der Waals surface area (Å²) in [5.41, 5.74) is 4.38. The van der Waals surface area contributed by atoms with Crippen LogP contribution in [0.4, 0.5) is 23.1 Å². The molecule has 0 fully saturated rings. The number of pyridine rings is 1. The summed E-state index contributed by atoms with van der Waals surface area (Å²) in [5.74, 6) is 1.29. The van der Waals surface area contributed by atoms with Crippen molar-refractivity contribution in [3.63, 3.8) is 0 Å². The van der Waals surface area contributed by atoms with Crippen LogP contribution in [0.2, 0.25) is 5.02 Å². The smallest absolute Gasteiger partial charge is 0.224 e. The van der Waals surface area contributed by atoms with Gasteiger partial charge in [-0.25, -0.2) is 4.98 Å². The SMILES string of the molecule is [B]c1ccc(Nc2cc(C)nc(NCCNc3ccnc4cc(Cl)ccc34)n2)cc1. The Morgan fingerprint density at radius 3 is 2.57 bits per heavy atom. The highest BCUT2D eigenvalue weighted by Crippen LogP contribution is 2.24. The Balaban J connectivity index is 1.37. The Hall–Kier alpha value is -3.32. The van der Waals surface area contributed by atoms with Crippen LogP contribution in [-0.2, 0) is 0 Å². The lowest BCUT2D eigenvalue weighted by atomic mass is 9.96. The summed E-state index contributed by atoms with van der Waals surface area (Å²) in [6.45, 7) is 3.29. The minimum Gasteiger partial charge on any atom is -0.383 e. The molecule has 0 unspecified atom stereocenters. The van der Waals surface area contributed by atoms with Gasteiger partial charge in [0.25, 0.3) is 0 Å². The van der Waals surface area contributed by atoms with Gasteiger partial charge in [-0.1, -0.05) is 29.2 Å². The standard InChI is InChI=1S/C22H20BClN6/c1-14-12-21(29-17-5-2-15(23)3-6-17)30-22(28-14)27-11-10-26-19-8-9-25-20-13-16(24)4-7-18(19)20/h2-9,12-13H,10-11H2,1H3,(H,25,26)(H2,27,28,29,30). The van der Waals surface area contributed by atoms with Crippen LogP contribution in [0.1, 0.15) is 5.69 Å². The molecule has 3 N–H and O–H groups in total. The van der Waals surface area contributed by atoms with E-state index in [9.17, 15) is 0 Å². The van der Waals surface area contributed by atoms with Gasteiger partial charge in [0.1, 0.15) is 13.7 Å². The van der Waals surface area contributed by atoms with Crippen LogP contribution in [0.25, 0.3) is 10.9 Å². The van der Waals surface area contributed by atoms with Crippen molar-refractivity contribution in [3.05, 3.63) is 71.5 Å². The maximum absolute atomic E-state index is 6.05. The highest BCUT2D eigenvalue weighted by Gasteiger charge is 2.05. The first-order chi connectivity index (χ1) is 14.6. The van der Waals surface area contributed by atoms with E-state index >= 15 is 0 Å². The van der Waals surface area contributed by atoms with E-state index < -0.39 is 0 Å². The molecular formula is C22H20BClN6. The van der Waals surface area contributed by atoms with E-state index in [4.69, 9.17) is 19.4 Å². The molecule has 0 saturated carbocycles. The van der Waals surface area contributed by atoms with E-state index in [1.165, 1.54) is 0 Å². The summed E-state index contributed by atoms with van der Waals surface area (Å²) in [6, 6.07) is 17.1. The summed E-state index contributed by atoms with van der Waals surface area (Å²) in [6.07, 6.45) is 1.77. The van der Waals surface area contributed by atoms with Crippen LogP contribution >= 0.6 is 11.6 Å². The number of nitrogens with zero attached hydrogens (tertiary/aromatic N) is 3. The van der Waals surface area contributed by atoms with Gasteiger partial charge in [-0.05, 0) is 43.3 Å². The molecule has 0 aliphatic carbocycles. The van der Waals surface area contributed by atoms with Gasteiger partial charge in [0, 0.05) is 52.8 Å². The third kappa shape index (κ3) is 4.99. The molecule has 4 aromatic rings. The first kappa shape index (κ1) is 20.0. The normalized spacial score (nSPS) is 10.7. The number of rotatable bonds is 7. The van der Waals surface area contributed by atoms with Crippen molar-refractivity contribution in [1.29, 1.82) is 0 Å². The zero-order chi connectivity index (χ0) is 20.9. The predicted molar refractivity (Wildman–Crippen MR) is 126 cm³/mol. The van der Waals surface area contributed by atoms with Crippen molar-refractivity contribution in [2.45, 2.75) is 6.92 Å². The second-order valence-electron chi connectivity index (χ2n) is 6.84. The zero-order valence-electron chi connectivity index (χ0n) is 16.5. The molecule has 0 saturated heterocycles. The molecular weight excluding hydrogens is 395 g/mol. The average molecular weight is 415 g/mol. The van der Waals surface area contributed by atoms with E-state index in [1.807, 2.05) is 61.5 Å². The molecule has 2 aromatic carbocycles. The molecule has 2 aromatic heterocycles. The predicted octanol–water partition coefficient (Wildman–Crippen LogP) is 4.05. The van der Waals surface area contributed by atoms with E-state index in [2.05, 4.69) is 30.9 Å². The number of hydrogen-bond acceptors (Lipinski definition) is 6. The zero-order valence-corrected chi connectivity index (χ0v) is 17.2. The molecule has 8 heteroatoms. The monoisotopic (exact) mass is 414 g/mol. The molecule has 0 aliphatic heterocycles. The van der Waals surface area contributed by atoms with Crippen molar-refractivity contribution < 1.29 is 0 Å². The number of aromatic nitrogens is 3. The van der Waals surface area contributed by atoms with Gasteiger partial charge in [-0.15, -0.1) is 0 Å². The highest BCUT2D eigenvalue weighted by molar-refractivity contribution is 6.32. The van der Waals surface area contributed by atoms with Crippen LogP contribution in [0.5, 0.6) is 0 Å². The van der Waals surface area contributed by atoms with E-state index in [0.717, 1.165) is 39.3 Å². The maximum Gasteiger partial charge on any atom is 0.224 e. The number of hydrogen-bond donors (Lipinski definition) is 3. The summed E-state index contributed by atoms with van der Waals surface area (Å²) in [7, 11) is 5.74. The summed E-state index contributed by atoms with van der Waals surface area (Å²) in [4.78, 5) is 13.4. The Morgan fingerprint density at radius 1 is 0.933 bits per heavy atom. The molecule has 0 bridgehead atoms. The first-order valence-electron chi connectivity index (χ1n) is 9.57. The fraction of sp³-hybridized carbons (Fsp3) is 0.136. The minimum absolute atomic E-state index is 0.570. The van der Waals surface area contributed by atoms with Crippen molar-refractivity contribution in [1.82, 2.24) is 15.0 Å². The lowest BCUT2D eigenvalue weighted by molar-refractivity contribution is 1.01. The van der Waals surface area contributed by atoms with Gasteiger partial charge < -0.3 is 16.0 Å². The van der Waals surface area contributed by atoms with Gasteiger partial charge in [0.05, 0.1) is 5.52 Å². The molecule has 2 heterocycles. The summed E-state index contributed by atoms with van der Waals surface area (Å²) >= 11 is 6.05. The number of fused-ring (bicyclic) bond motifs is 1. The van der Waals surface area contributed by atoms with Gasteiger partial charge in [-0.2, -0.15) is 4.98 Å². The van der Waals surface area contributed by atoms with Crippen molar-refractivity contribution in [2.24, 2.45) is 0 Å². The fourth-order valence-corrected chi connectivity index (χ4v) is 3.24. The maximum atomic E-state index is 6.05. The molecule has 4 rings (SSSR count). The van der Waals surface area contributed by atoms with Crippen LogP contribution in [-0.4, -0.2) is 35.9 Å². The van der Waals surface area contributed by atoms with E-state index in [1.54, 1.807) is 6.20 Å². The lowest BCUT2D eigenvalue weighted by Gasteiger charge is -2.12. The number of benzene rings is 2. The average Bonchev–Trinajstić information content (AvgIpc) is 2.72. The van der Waals surface area contributed by atoms with Gasteiger partial charge in [-0.3, -0.25) is 4.98 Å². The van der Waals surface area contributed by atoms with Gasteiger partial charge in [0.2, 0.25) is 5.95 Å². The molecule has 2 radical (unpaired) electrons. The number of aryl methyl sites for hydroxylation is 1. The van der Waals surface area contributed by atoms with Crippen LogP contribution in [0, 0.1) is 6.92 Å². The van der Waals surface area contributed by atoms with Crippen LogP contribution in [0.15, 0.2) is 60.8 Å². The minimum atomic E-state index is 0.570. The van der Waals surface area contributed by atoms with E-state index in [0.29, 0.717) is 24.1 Å². The Labute approximate surface area is 181 Å². The summed E-state index contributed by atoms with van der Waals surface area (Å²) < 4.78 is 0. The first-order valence-corrected chi connectivity index (χ1v) is 9.95. The second-order valence-corrected chi connectivity index (χ2v) is 7.28. The number of halogens is 1. The quantitative estimate of drug-likeness (QED) is 0.313. The van der Waals surface area contributed by atoms with Crippen molar-refractivity contribution in [3.8, 4) is 0 Å². The van der Waals surface area contributed by atoms with E-state index in [-0.39, 0.29) is 0 Å². The molecule has 0 aliphatic rings. The third-order valence-electron chi connectivity index (χ3n) is 4.47. The highest BCUT2D eigenvalue weighted by atomic mass is 35.5. The number of anilines is 4. The van der Waals surface area contributed by atoms with Crippen molar-refractivity contribution >= 4 is 59.0 Å². The van der Waals surface area contributed by atoms with Crippen molar-refractivity contribution in [2.75, 3.05) is 29.0 Å². The Bertz CT molecular complexity index is 1170. The molecule has 0 amide bonds. The van der Waals surface area contributed by atoms with Crippen LogP contribution in [0.3, 0.4) is 0 Å². The number of nitrogens with one attached hydrogen (secondary N) is 3. The van der Waals surface area contributed by atoms with Gasteiger partial charge in [0.15, 0.2) is 0 Å². The molecule has 148 valence electrons. The Kier molecular flexibility index (Phi) is 6.00. The van der Waals surface area contributed by atoms with Gasteiger partial charge >= 0.3 is 0 Å². The largest absolute Gasteiger partial charge is 0.383 e. The Morgan fingerprint density at radius 2 is 1.73 bits per heavy atom. The lowest BCUT2D eigenvalue weighted by Crippen LogP contribution is -2.16.